The zero-order chi connectivity index (χ0) is 14.8. The van der Waals surface area contributed by atoms with Gasteiger partial charge in [0.15, 0.2) is 0 Å². The number of nitrogens with one attached hydrogen (secondary N) is 1. The number of fused-ring (bicyclic) bond motifs is 1. The summed E-state index contributed by atoms with van der Waals surface area (Å²) in [6, 6.07) is 14.7. The second-order valence-electron chi connectivity index (χ2n) is 4.62. The van der Waals surface area contributed by atoms with Crippen molar-refractivity contribution in [1.82, 2.24) is 14.7 Å². The van der Waals surface area contributed by atoms with Crippen molar-refractivity contribution >= 4 is 28.8 Å². The number of hydrogen-bond acceptors (Lipinski definition) is 3. The zero-order valence-electron chi connectivity index (χ0n) is 11.4. The third kappa shape index (κ3) is 2.55. The largest absolute Gasteiger partial charge is 0.311 e. The molecular weight excluding hydrogens is 282 g/mol. The first-order chi connectivity index (χ1) is 10.2. The number of carbonyl (C=O) groups is 1. The van der Waals surface area contributed by atoms with Crippen LogP contribution in [0.1, 0.15) is 21.7 Å². The monoisotopic (exact) mass is 295 g/mol. The van der Waals surface area contributed by atoms with Gasteiger partial charge in [0, 0.05) is 11.8 Å². The van der Waals surface area contributed by atoms with E-state index in [9.17, 15) is 4.79 Å². The van der Waals surface area contributed by atoms with Crippen LogP contribution in [0.5, 0.6) is 0 Å². The topological polar surface area (TPSA) is 46.4 Å². The third-order valence-electron chi connectivity index (χ3n) is 3.18. The van der Waals surface area contributed by atoms with Crippen molar-refractivity contribution in [2.45, 2.75) is 6.92 Å². The Morgan fingerprint density at radius 3 is 2.62 bits per heavy atom. The number of carbonyl (C=O) groups excluding carboxylic acids is 1. The lowest BCUT2D eigenvalue weighted by molar-refractivity contribution is 0.0978. The Kier molecular flexibility index (Phi) is 3.50. The average Bonchev–Trinajstić information content (AvgIpc) is 2.83. The van der Waals surface area contributed by atoms with Gasteiger partial charge in [0.2, 0.25) is 0 Å². The first kappa shape index (κ1) is 13.5. The van der Waals surface area contributed by atoms with Crippen molar-refractivity contribution in [3.63, 3.8) is 0 Å². The third-order valence-corrected chi connectivity index (χ3v) is 3.48. The number of aromatic nitrogens is 2. The predicted molar refractivity (Wildman–Crippen MR) is 85.5 cm³/mol. The van der Waals surface area contributed by atoms with Crippen LogP contribution in [-0.2, 0) is 0 Å². The molecule has 4 nitrogen and oxygen atoms in total. The van der Waals surface area contributed by atoms with Gasteiger partial charge in [-0.05, 0) is 31.2 Å². The number of thiocarbonyl (C=S) groups is 1. The van der Waals surface area contributed by atoms with Crippen LogP contribution in [0.2, 0.25) is 0 Å². The molecule has 21 heavy (non-hydrogen) atoms. The Balaban J connectivity index is 1.91. The summed E-state index contributed by atoms with van der Waals surface area (Å²) in [4.78, 5) is 17.0. The van der Waals surface area contributed by atoms with Gasteiger partial charge >= 0.3 is 0 Å². The second-order valence-corrected chi connectivity index (χ2v) is 5.03. The van der Waals surface area contributed by atoms with Crippen LogP contribution in [0.15, 0.2) is 54.7 Å². The van der Waals surface area contributed by atoms with Crippen LogP contribution in [0.3, 0.4) is 0 Å². The molecule has 0 aliphatic rings. The van der Waals surface area contributed by atoms with E-state index in [1.165, 1.54) is 0 Å². The Labute approximate surface area is 127 Å². The van der Waals surface area contributed by atoms with Crippen molar-refractivity contribution in [3.8, 4) is 0 Å². The molecule has 0 aliphatic carbocycles. The summed E-state index contributed by atoms with van der Waals surface area (Å²) < 4.78 is 1.88. The van der Waals surface area contributed by atoms with Gasteiger partial charge < -0.3 is 5.32 Å². The van der Waals surface area contributed by atoms with Gasteiger partial charge in [0.1, 0.15) is 16.3 Å². The van der Waals surface area contributed by atoms with E-state index in [2.05, 4.69) is 10.3 Å². The van der Waals surface area contributed by atoms with Crippen LogP contribution in [0.25, 0.3) is 5.65 Å². The molecule has 0 saturated heterocycles. The van der Waals surface area contributed by atoms with E-state index >= 15 is 0 Å². The zero-order valence-corrected chi connectivity index (χ0v) is 12.2. The molecule has 1 N–H and O–H groups in total. The van der Waals surface area contributed by atoms with Crippen molar-refractivity contribution in [2.75, 3.05) is 0 Å². The Morgan fingerprint density at radius 1 is 1.14 bits per heavy atom. The molecule has 0 radical (unpaired) electrons. The van der Waals surface area contributed by atoms with E-state index in [-0.39, 0.29) is 5.91 Å². The summed E-state index contributed by atoms with van der Waals surface area (Å²) in [5.41, 5.74) is 2.91. The molecule has 0 saturated carbocycles. The fraction of sp³-hybridized carbons (Fsp3) is 0.0625. The van der Waals surface area contributed by atoms with E-state index in [1.54, 1.807) is 12.1 Å². The van der Waals surface area contributed by atoms with Crippen LogP contribution in [-0.4, -0.2) is 20.3 Å². The molecule has 0 atom stereocenters. The average molecular weight is 295 g/mol. The number of rotatable bonds is 2. The molecule has 0 aliphatic heterocycles. The van der Waals surface area contributed by atoms with Crippen molar-refractivity contribution in [1.29, 1.82) is 0 Å². The molecule has 3 rings (SSSR count). The van der Waals surface area contributed by atoms with Crippen LogP contribution in [0, 0.1) is 6.92 Å². The van der Waals surface area contributed by atoms with Gasteiger partial charge in [-0.15, -0.1) is 0 Å². The highest BCUT2D eigenvalue weighted by molar-refractivity contribution is 7.80. The minimum atomic E-state index is -0.217. The van der Waals surface area contributed by atoms with E-state index in [1.807, 2.05) is 53.9 Å². The fourth-order valence-electron chi connectivity index (χ4n) is 2.21. The summed E-state index contributed by atoms with van der Waals surface area (Å²) in [6.07, 6.45) is 1.88. The van der Waals surface area contributed by atoms with E-state index in [0.717, 1.165) is 17.0 Å². The molecule has 3 aromatic rings. The number of benzene rings is 1. The summed E-state index contributed by atoms with van der Waals surface area (Å²) in [5, 5.41) is 2.76. The van der Waals surface area contributed by atoms with Gasteiger partial charge in [0.25, 0.3) is 5.91 Å². The SMILES string of the molecule is Cc1nc2ccccn2c1C(=S)NC(=O)c1ccccc1. The highest BCUT2D eigenvalue weighted by Gasteiger charge is 2.15. The van der Waals surface area contributed by atoms with Gasteiger partial charge in [-0.3, -0.25) is 9.20 Å². The van der Waals surface area contributed by atoms with E-state index in [0.29, 0.717) is 10.6 Å². The smallest absolute Gasteiger partial charge is 0.256 e. The van der Waals surface area contributed by atoms with Crippen LogP contribution >= 0.6 is 12.2 Å². The number of hydrogen-bond donors (Lipinski definition) is 1. The van der Waals surface area contributed by atoms with Gasteiger partial charge in [0.05, 0.1) is 5.69 Å². The molecule has 0 spiro atoms. The Hall–Kier alpha value is -2.53. The Morgan fingerprint density at radius 2 is 1.86 bits per heavy atom. The number of nitrogens with zero attached hydrogens (tertiary/aromatic N) is 2. The quantitative estimate of drug-likeness (QED) is 0.739. The molecule has 5 heteroatoms. The van der Waals surface area contributed by atoms with Gasteiger partial charge in [-0.2, -0.15) is 0 Å². The standard InChI is InChI=1S/C16H13N3OS/c1-11-14(19-10-6-5-9-13(19)17-11)16(21)18-15(20)12-7-3-2-4-8-12/h2-10H,1H3,(H,18,20,21). The molecule has 0 unspecified atom stereocenters. The van der Waals surface area contributed by atoms with Crippen molar-refractivity contribution < 1.29 is 4.79 Å². The minimum absolute atomic E-state index is 0.217. The number of aryl methyl sites for hydroxylation is 1. The van der Waals surface area contributed by atoms with E-state index < -0.39 is 0 Å². The Bertz CT molecular complexity index is 824. The summed E-state index contributed by atoms with van der Waals surface area (Å²) in [6.45, 7) is 1.88. The normalized spacial score (nSPS) is 10.5. The highest BCUT2D eigenvalue weighted by Crippen LogP contribution is 2.12. The summed E-state index contributed by atoms with van der Waals surface area (Å²) >= 11 is 5.37. The molecule has 0 fully saturated rings. The maximum atomic E-state index is 12.2. The number of pyridine rings is 1. The maximum absolute atomic E-state index is 12.2. The molecule has 2 aromatic heterocycles. The number of imidazole rings is 1. The van der Waals surface area contributed by atoms with Crippen molar-refractivity contribution in [3.05, 3.63) is 71.7 Å². The summed E-state index contributed by atoms with van der Waals surface area (Å²) in [7, 11) is 0. The lowest BCUT2D eigenvalue weighted by Gasteiger charge is -2.07. The van der Waals surface area contributed by atoms with Gasteiger partial charge in [-0.1, -0.05) is 36.5 Å². The first-order valence-electron chi connectivity index (χ1n) is 6.51. The molecule has 0 bridgehead atoms. The van der Waals surface area contributed by atoms with Gasteiger partial charge in [-0.25, -0.2) is 4.98 Å². The van der Waals surface area contributed by atoms with E-state index in [4.69, 9.17) is 12.2 Å². The van der Waals surface area contributed by atoms with Crippen LogP contribution in [0.4, 0.5) is 0 Å². The predicted octanol–water partition coefficient (Wildman–Crippen LogP) is 2.75. The maximum Gasteiger partial charge on any atom is 0.256 e. The lowest BCUT2D eigenvalue weighted by atomic mass is 10.2. The molecule has 1 amide bonds. The molecule has 2 heterocycles. The second kappa shape index (κ2) is 5.46. The fourth-order valence-corrected chi connectivity index (χ4v) is 2.55. The lowest BCUT2D eigenvalue weighted by Crippen LogP contribution is -2.30. The molecular formula is C16H13N3OS. The van der Waals surface area contributed by atoms with Crippen LogP contribution < -0.4 is 5.32 Å². The highest BCUT2D eigenvalue weighted by atomic mass is 32.1. The first-order valence-corrected chi connectivity index (χ1v) is 6.92. The van der Waals surface area contributed by atoms with Crippen molar-refractivity contribution in [2.24, 2.45) is 0 Å². The minimum Gasteiger partial charge on any atom is -0.311 e. The molecule has 1 aromatic carbocycles. The number of amides is 1. The summed E-state index contributed by atoms with van der Waals surface area (Å²) in [5.74, 6) is -0.217. The molecule has 104 valence electrons.